The van der Waals surface area contributed by atoms with Crippen LogP contribution in [0.15, 0.2) is 0 Å². The van der Waals surface area contributed by atoms with Gasteiger partial charge in [0.05, 0.1) is 0 Å². The van der Waals surface area contributed by atoms with Gasteiger partial charge in [-0.1, -0.05) is 0 Å². The molecule has 0 nitrogen and oxygen atoms in total. The molecule has 0 bridgehead atoms. The maximum atomic E-state index is 5.46. The van der Waals surface area contributed by atoms with Crippen LogP contribution in [0.2, 0.25) is 4.13 Å². The van der Waals surface area contributed by atoms with Gasteiger partial charge in [-0.3, -0.25) is 0 Å². The molecule has 0 aliphatic carbocycles. The summed E-state index contributed by atoms with van der Waals surface area (Å²) in [5, 5.41) is 0. The molecule has 38 valence electrons. The molecule has 0 aliphatic heterocycles. The third-order valence-electron chi connectivity index (χ3n) is 0.401. The third kappa shape index (κ3) is 5.75. The Kier molecular flexibility index (Phi) is 3.77. The summed E-state index contributed by atoms with van der Waals surface area (Å²) in [4.78, 5) is 0. The summed E-state index contributed by atoms with van der Waals surface area (Å²) in [7, 11) is 16.4. The van der Waals surface area contributed by atoms with Crippen LogP contribution in [0.4, 0.5) is 0 Å². The van der Waals surface area contributed by atoms with Crippen LogP contribution in [-0.4, -0.2) is 0 Å². The first-order valence-corrected chi connectivity index (χ1v) is 12.9. The van der Waals surface area contributed by atoms with Crippen molar-refractivity contribution in [2.24, 2.45) is 0 Å². The van der Waals surface area contributed by atoms with Crippen molar-refractivity contribution in [1.82, 2.24) is 0 Å². The normalized spacial score (nSPS) is 12.0. The Hall–Kier alpha value is 1.75. The molecule has 0 aromatic heterocycles. The molecule has 0 atom stereocenters. The van der Waals surface area contributed by atoms with Gasteiger partial charge < -0.3 is 0 Å². The number of rotatable bonds is 1. The SMILES string of the molecule is C[CH2][Zr]([Cl])([Cl])[Cl]. The topological polar surface area (TPSA) is 0 Å². The summed E-state index contributed by atoms with van der Waals surface area (Å²) in [5.74, 6) is 0. The predicted octanol–water partition coefficient (Wildman–Crippen LogP) is 3.04. The van der Waals surface area contributed by atoms with E-state index in [2.05, 4.69) is 0 Å². The van der Waals surface area contributed by atoms with Gasteiger partial charge in [0.1, 0.15) is 0 Å². The first-order chi connectivity index (χ1) is 2.56. The first-order valence-electron chi connectivity index (χ1n) is 1.63. The molecule has 4 heteroatoms. The zero-order chi connectivity index (χ0) is 5.21. The van der Waals surface area contributed by atoms with Crippen molar-refractivity contribution in [2.45, 2.75) is 11.1 Å². The first kappa shape index (κ1) is 7.75. The van der Waals surface area contributed by atoms with E-state index in [1.54, 1.807) is 0 Å². The Morgan fingerprint density at radius 3 is 1.50 bits per heavy atom. The van der Waals surface area contributed by atoms with Crippen molar-refractivity contribution in [3.05, 3.63) is 0 Å². The zero-order valence-corrected chi connectivity index (χ0v) is 8.07. The molecule has 0 amide bonds. The van der Waals surface area contributed by atoms with Gasteiger partial charge in [0.2, 0.25) is 0 Å². The van der Waals surface area contributed by atoms with Crippen molar-refractivity contribution in [3.63, 3.8) is 0 Å². The predicted molar refractivity (Wildman–Crippen MR) is 28.0 cm³/mol. The van der Waals surface area contributed by atoms with E-state index in [-0.39, 0.29) is 0 Å². The molecule has 0 aromatic carbocycles. The number of hydrogen-bond acceptors (Lipinski definition) is 0. The van der Waals surface area contributed by atoms with Gasteiger partial charge in [-0.05, 0) is 0 Å². The van der Waals surface area contributed by atoms with E-state index in [0.29, 0.717) is 0 Å². The Morgan fingerprint density at radius 2 is 1.50 bits per heavy atom. The summed E-state index contributed by atoms with van der Waals surface area (Å²) in [5.41, 5.74) is 0. The Labute approximate surface area is 52.8 Å². The summed E-state index contributed by atoms with van der Waals surface area (Å²) < 4.78 is 0.777. The van der Waals surface area contributed by atoms with Crippen molar-refractivity contribution < 1.29 is 16.7 Å². The van der Waals surface area contributed by atoms with Crippen LogP contribution in [-0.2, 0) is 16.7 Å². The monoisotopic (exact) mass is 224 g/mol. The summed E-state index contributed by atoms with van der Waals surface area (Å²) in [6.07, 6.45) is 0. The van der Waals surface area contributed by atoms with E-state index in [1.165, 1.54) is 0 Å². The fraction of sp³-hybridized carbons (Fsp3) is 1.00. The minimum atomic E-state index is -2.81. The van der Waals surface area contributed by atoms with E-state index in [0.717, 1.165) is 4.13 Å². The molecule has 6 heavy (non-hydrogen) atoms. The molecule has 0 heterocycles. The van der Waals surface area contributed by atoms with Crippen LogP contribution < -0.4 is 0 Å². The molecule has 0 aliphatic rings. The minimum absolute atomic E-state index is 0.777. The quantitative estimate of drug-likeness (QED) is 0.645. The molecule has 0 radical (unpaired) electrons. The molecule has 0 N–H and O–H groups in total. The van der Waals surface area contributed by atoms with Crippen molar-refractivity contribution >= 4 is 25.5 Å². The van der Waals surface area contributed by atoms with Gasteiger partial charge in [0.15, 0.2) is 0 Å². The van der Waals surface area contributed by atoms with E-state index < -0.39 is 16.7 Å². The van der Waals surface area contributed by atoms with Crippen molar-refractivity contribution in [1.29, 1.82) is 0 Å². The van der Waals surface area contributed by atoms with Crippen LogP contribution >= 0.6 is 25.5 Å². The molecule has 0 aromatic rings. The van der Waals surface area contributed by atoms with E-state index in [4.69, 9.17) is 25.5 Å². The second kappa shape index (κ2) is 2.92. The van der Waals surface area contributed by atoms with Crippen molar-refractivity contribution in [3.8, 4) is 0 Å². The molecular weight excluding hydrogens is 222 g/mol. The second-order valence-corrected chi connectivity index (χ2v) is 20.6. The Morgan fingerprint density at radius 1 is 1.33 bits per heavy atom. The summed E-state index contributed by atoms with van der Waals surface area (Å²) in [6, 6.07) is 0. The summed E-state index contributed by atoms with van der Waals surface area (Å²) in [6.45, 7) is 1.91. The van der Waals surface area contributed by atoms with Crippen LogP contribution in [0, 0.1) is 0 Å². The fourth-order valence-corrected chi connectivity index (χ4v) is 0. The average molecular weight is 227 g/mol. The van der Waals surface area contributed by atoms with E-state index in [1.807, 2.05) is 6.92 Å². The molecule has 0 unspecified atom stereocenters. The van der Waals surface area contributed by atoms with Gasteiger partial charge in [-0.15, -0.1) is 0 Å². The number of halogens is 3. The van der Waals surface area contributed by atoms with Gasteiger partial charge in [-0.25, -0.2) is 0 Å². The fourth-order valence-electron chi connectivity index (χ4n) is 0. The average Bonchev–Trinajstić information content (AvgIpc) is 1.35. The van der Waals surface area contributed by atoms with E-state index in [9.17, 15) is 0 Å². The molecule has 0 saturated heterocycles. The van der Waals surface area contributed by atoms with Gasteiger partial charge in [-0.2, -0.15) is 0 Å². The third-order valence-corrected chi connectivity index (χ3v) is 7.12. The van der Waals surface area contributed by atoms with Crippen LogP contribution in [0.1, 0.15) is 6.92 Å². The molecule has 0 fully saturated rings. The molecule has 0 spiro atoms. The van der Waals surface area contributed by atoms with Crippen LogP contribution in [0.3, 0.4) is 0 Å². The standard InChI is InChI=1S/C2H5.3ClH.Zr/c1-2;;;;/h1H2,2H3;3*1H;/q;;;;+3/p-3. The number of hydrogen-bond donors (Lipinski definition) is 0. The second-order valence-electron chi connectivity index (χ2n) is 0.969. The molecule has 0 rings (SSSR count). The molecular formula is C2H5Cl3Zr. The Balaban J connectivity index is 3.17. The maximum absolute atomic E-state index is 5.46. The van der Waals surface area contributed by atoms with Gasteiger partial charge in [0.25, 0.3) is 0 Å². The van der Waals surface area contributed by atoms with Gasteiger partial charge in [0, 0.05) is 0 Å². The summed E-state index contributed by atoms with van der Waals surface area (Å²) >= 11 is -2.81. The van der Waals surface area contributed by atoms with Crippen LogP contribution in [0.5, 0.6) is 0 Å². The Bertz CT molecular complexity index is 38.5. The molecule has 0 saturated carbocycles. The van der Waals surface area contributed by atoms with Crippen LogP contribution in [0.25, 0.3) is 0 Å². The van der Waals surface area contributed by atoms with Gasteiger partial charge >= 0.3 is 53.3 Å². The van der Waals surface area contributed by atoms with E-state index >= 15 is 0 Å². The van der Waals surface area contributed by atoms with Crippen molar-refractivity contribution in [2.75, 3.05) is 0 Å². The zero-order valence-electron chi connectivity index (χ0n) is 3.34.